The molecule has 30 heavy (non-hydrogen) atoms. The molecule has 3 aromatic rings. The van der Waals surface area contributed by atoms with Crippen LogP contribution in [0.1, 0.15) is 24.0 Å². The molecule has 0 unspecified atom stereocenters. The van der Waals surface area contributed by atoms with Crippen LogP contribution < -0.4 is 10.6 Å². The van der Waals surface area contributed by atoms with Crippen molar-refractivity contribution < 1.29 is 9.53 Å². The monoisotopic (exact) mass is 446 g/mol. The van der Waals surface area contributed by atoms with E-state index in [4.69, 9.17) is 23.2 Å². The fourth-order valence-electron chi connectivity index (χ4n) is 2.82. The first kappa shape index (κ1) is 20.4. The lowest BCUT2D eigenvalue weighted by atomic mass is 10.2. The van der Waals surface area contributed by atoms with Gasteiger partial charge >= 0.3 is 5.97 Å². The number of fused-ring (bicyclic) bond motifs is 1. The molecule has 2 heterocycles. The molecule has 0 spiro atoms. The summed E-state index contributed by atoms with van der Waals surface area (Å²) in [5.74, 6) is 1.23. The van der Waals surface area contributed by atoms with E-state index in [-0.39, 0.29) is 0 Å². The van der Waals surface area contributed by atoms with Crippen molar-refractivity contribution in [3.63, 3.8) is 0 Å². The van der Waals surface area contributed by atoms with E-state index >= 15 is 0 Å². The normalized spacial score (nSPS) is 13.7. The highest BCUT2D eigenvalue weighted by molar-refractivity contribution is 6.42. The third kappa shape index (κ3) is 4.83. The second-order valence-electron chi connectivity index (χ2n) is 6.99. The second-order valence-corrected chi connectivity index (χ2v) is 7.80. The molecule has 10 heteroatoms. The molecule has 0 saturated heterocycles. The molecule has 1 aromatic carbocycles. The minimum absolute atomic E-state index is 0.451. The molecule has 0 amide bonds. The molecule has 2 N–H and O–H groups in total. The van der Waals surface area contributed by atoms with Crippen LogP contribution in [0.2, 0.25) is 10.0 Å². The number of ether oxygens (including phenoxy) is 1. The van der Waals surface area contributed by atoms with Crippen molar-refractivity contribution in [2.45, 2.75) is 19.4 Å². The molecule has 156 valence electrons. The van der Waals surface area contributed by atoms with Crippen LogP contribution in [0.5, 0.6) is 0 Å². The van der Waals surface area contributed by atoms with Crippen LogP contribution in [-0.2, 0) is 16.1 Å². The average Bonchev–Trinajstić information content (AvgIpc) is 3.49. The van der Waals surface area contributed by atoms with Gasteiger partial charge in [0.25, 0.3) is 0 Å². The van der Waals surface area contributed by atoms with E-state index in [1.54, 1.807) is 28.9 Å². The van der Waals surface area contributed by atoms with Crippen LogP contribution in [0.25, 0.3) is 11.7 Å². The summed E-state index contributed by atoms with van der Waals surface area (Å²) >= 11 is 12.1. The Bertz CT molecular complexity index is 1110. The number of nitrogens with zero attached hydrogens (tertiary/aromatic N) is 4. The second kappa shape index (κ2) is 8.89. The van der Waals surface area contributed by atoms with Gasteiger partial charge in [-0.25, -0.2) is 4.79 Å². The first-order chi connectivity index (χ1) is 14.5. The van der Waals surface area contributed by atoms with Crippen molar-refractivity contribution in [3.05, 3.63) is 51.6 Å². The van der Waals surface area contributed by atoms with Gasteiger partial charge in [-0.3, -0.25) is 0 Å². The van der Waals surface area contributed by atoms with Crippen LogP contribution in [0.15, 0.2) is 30.5 Å². The van der Waals surface area contributed by atoms with E-state index in [0.29, 0.717) is 45.6 Å². The first-order valence-corrected chi connectivity index (χ1v) is 10.2. The average molecular weight is 447 g/mol. The minimum atomic E-state index is -0.451. The highest BCUT2D eigenvalue weighted by atomic mass is 35.5. The predicted molar refractivity (Wildman–Crippen MR) is 117 cm³/mol. The van der Waals surface area contributed by atoms with Gasteiger partial charge in [-0.1, -0.05) is 29.3 Å². The Morgan fingerprint density at radius 1 is 1.27 bits per heavy atom. The van der Waals surface area contributed by atoms with Gasteiger partial charge in [0.15, 0.2) is 5.65 Å². The van der Waals surface area contributed by atoms with Crippen LogP contribution >= 0.6 is 23.2 Å². The lowest BCUT2D eigenvalue weighted by Gasteiger charge is -2.11. The van der Waals surface area contributed by atoms with Gasteiger partial charge in [0.05, 0.1) is 23.4 Å². The molecule has 1 aliphatic rings. The Morgan fingerprint density at radius 3 is 2.83 bits per heavy atom. The number of aromatic nitrogens is 4. The Hall–Kier alpha value is -2.84. The zero-order valence-electron chi connectivity index (χ0n) is 16.2. The highest BCUT2D eigenvalue weighted by Gasteiger charge is 2.21. The SMILES string of the molecule is COC(=O)/C=C/c1cnn2c(NCc3ccc(Cl)c(Cl)c3)nc(NCC3CC3)nc12. The Kier molecular flexibility index (Phi) is 6.06. The smallest absolute Gasteiger partial charge is 0.330 e. The first-order valence-electron chi connectivity index (χ1n) is 9.47. The van der Waals surface area contributed by atoms with Gasteiger partial charge in [0.1, 0.15) is 0 Å². The van der Waals surface area contributed by atoms with E-state index in [1.165, 1.54) is 26.0 Å². The molecule has 1 saturated carbocycles. The van der Waals surface area contributed by atoms with Gasteiger partial charge in [-0.2, -0.15) is 19.6 Å². The summed E-state index contributed by atoms with van der Waals surface area (Å²) in [4.78, 5) is 20.6. The van der Waals surface area contributed by atoms with Gasteiger partial charge in [-0.15, -0.1) is 0 Å². The number of carbonyl (C=O) groups excluding carboxylic acids is 1. The molecule has 8 nitrogen and oxygen atoms in total. The summed E-state index contributed by atoms with van der Waals surface area (Å²) in [7, 11) is 1.33. The summed E-state index contributed by atoms with van der Waals surface area (Å²) in [6.45, 7) is 1.29. The van der Waals surface area contributed by atoms with Crippen LogP contribution in [0.4, 0.5) is 11.9 Å². The molecule has 0 atom stereocenters. The van der Waals surface area contributed by atoms with Crippen molar-refractivity contribution in [1.29, 1.82) is 0 Å². The minimum Gasteiger partial charge on any atom is -0.466 e. The lowest BCUT2D eigenvalue weighted by molar-refractivity contribution is -0.134. The van der Waals surface area contributed by atoms with E-state index in [2.05, 4.69) is 30.4 Å². The van der Waals surface area contributed by atoms with E-state index in [1.807, 2.05) is 6.07 Å². The number of methoxy groups -OCH3 is 1. The Labute approximate surface area is 183 Å². The molecule has 1 aliphatic carbocycles. The number of hydrogen-bond donors (Lipinski definition) is 2. The summed E-state index contributed by atoms with van der Waals surface area (Å²) in [5.41, 5.74) is 2.19. The number of anilines is 2. The number of benzene rings is 1. The maximum atomic E-state index is 11.5. The van der Waals surface area contributed by atoms with Gasteiger partial charge < -0.3 is 15.4 Å². The maximum Gasteiger partial charge on any atom is 0.330 e. The molecule has 2 aromatic heterocycles. The van der Waals surface area contributed by atoms with E-state index in [0.717, 1.165) is 12.1 Å². The summed E-state index contributed by atoms with van der Waals surface area (Å²) in [6, 6.07) is 5.44. The number of hydrogen-bond acceptors (Lipinski definition) is 7. The molecular formula is C20H20Cl2N6O2. The van der Waals surface area contributed by atoms with Crippen molar-refractivity contribution in [1.82, 2.24) is 19.6 Å². The number of rotatable bonds is 8. The number of carbonyl (C=O) groups is 1. The van der Waals surface area contributed by atoms with Gasteiger partial charge in [-0.05, 0) is 42.5 Å². The zero-order chi connectivity index (χ0) is 21.1. The molecule has 0 radical (unpaired) electrons. The summed E-state index contributed by atoms with van der Waals surface area (Å²) < 4.78 is 6.25. The standard InChI is InChI=1S/C20H20Cl2N6O2/c1-30-17(29)7-5-14-11-25-28-18(14)26-19(23-9-12-2-3-12)27-20(28)24-10-13-4-6-15(21)16(22)8-13/h4-8,11-12H,2-3,9-10H2,1H3,(H2,23,24,26,27)/b7-5+. The van der Waals surface area contributed by atoms with Crippen molar-refractivity contribution >= 4 is 52.8 Å². The van der Waals surface area contributed by atoms with Crippen LogP contribution in [0, 0.1) is 5.92 Å². The summed E-state index contributed by atoms with van der Waals surface area (Å²) in [6.07, 6.45) is 7.02. The third-order valence-corrected chi connectivity index (χ3v) is 5.41. The van der Waals surface area contributed by atoms with E-state index < -0.39 is 5.97 Å². The lowest BCUT2D eigenvalue weighted by Crippen LogP contribution is -2.13. The fraction of sp³-hybridized carbons (Fsp3) is 0.300. The molecule has 4 rings (SSSR count). The molecular weight excluding hydrogens is 427 g/mol. The van der Waals surface area contributed by atoms with Crippen LogP contribution in [0.3, 0.4) is 0 Å². The van der Waals surface area contributed by atoms with Gasteiger partial charge in [0, 0.05) is 24.7 Å². The third-order valence-electron chi connectivity index (χ3n) is 4.68. The van der Waals surface area contributed by atoms with Crippen molar-refractivity contribution in [2.24, 2.45) is 5.92 Å². The predicted octanol–water partition coefficient (Wildman–Crippen LogP) is 4.05. The van der Waals surface area contributed by atoms with Crippen LogP contribution in [-0.4, -0.2) is 39.2 Å². The van der Waals surface area contributed by atoms with Gasteiger partial charge in [0.2, 0.25) is 11.9 Å². The Balaban J connectivity index is 1.63. The molecule has 1 fully saturated rings. The number of halogens is 2. The largest absolute Gasteiger partial charge is 0.466 e. The zero-order valence-corrected chi connectivity index (χ0v) is 17.7. The highest BCUT2D eigenvalue weighted by Crippen LogP contribution is 2.29. The van der Waals surface area contributed by atoms with Crippen molar-refractivity contribution in [2.75, 3.05) is 24.3 Å². The number of esters is 1. The number of nitrogens with one attached hydrogen (secondary N) is 2. The summed E-state index contributed by atoms with van der Waals surface area (Å²) in [5, 5.41) is 11.9. The quantitative estimate of drug-likeness (QED) is 0.398. The van der Waals surface area contributed by atoms with Crippen molar-refractivity contribution in [3.8, 4) is 0 Å². The molecule has 0 aliphatic heterocycles. The Morgan fingerprint density at radius 2 is 2.10 bits per heavy atom. The topological polar surface area (TPSA) is 93.4 Å². The van der Waals surface area contributed by atoms with E-state index in [9.17, 15) is 4.79 Å². The molecule has 0 bridgehead atoms. The fourth-order valence-corrected chi connectivity index (χ4v) is 3.14. The maximum absolute atomic E-state index is 11.5.